The number of benzene rings is 1. The Bertz CT molecular complexity index is 707. The van der Waals surface area contributed by atoms with E-state index in [0.717, 1.165) is 24.2 Å². The van der Waals surface area contributed by atoms with Crippen LogP contribution < -0.4 is 0 Å². The maximum atomic E-state index is 13.9. The van der Waals surface area contributed by atoms with Crippen molar-refractivity contribution in [3.63, 3.8) is 0 Å². The molecule has 0 saturated carbocycles. The molecule has 3 rings (SSSR count). The van der Waals surface area contributed by atoms with Crippen LogP contribution in [0.25, 0.3) is 0 Å². The molecule has 1 fully saturated rings. The minimum Gasteiger partial charge on any atom is -0.359 e. The summed E-state index contributed by atoms with van der Waals surface area (Å²) in [7, 11) is 0. The summed E-state index contributed by atoms with van der Waals surface area (Å²) in [5.74, 6) is -1.56. The van der Waals surface area contributed by atoms with Gasteiger partial charge in [0.05, 0.1) is 11.7 Å². The minimum absolute atomic E-state index is 0.210. The summed E-state index contributed by atoms with van der Waals surface area (Å²) in [6.45, 7) is 4.43. The van der Waals surface area contributed by atoms with E-state index in [0.29, 0.717) is 18.7 Å². The molecule has 0 radical (unpaired) electrons. The van der Waals surface area contributed by atoms with Gasteiger partial charge in [0.25, 0.3) is 5.91 Å². The van der Waals surface area contributed by atoms with Crippen LogP contribution in [0.15, 0.2) is 28.8 Å². The second kappa shape index (κ2) is 6.10. The molecule has 0 unspecified atom stereocenters. The molecule has 1 aliphatic heterocycles. The van der Waals surface area contributed by atoms with Crippen molar-refractivity contribution in [2.75, 3.05) is 6.54 Å². The van der Waals surface area contributed by atoms with Crippen molar-refractivity contribution in [1.82, 2.24) is 10.1 Å². The number of halogens is 2. The summed E-state index contributed by atoms with van der Waals surface area (Å²) in [5, 5.41) is 4.00. The molecule has 1 saturated heterocycles. The van der Waals surface area contributed by atoms with Gasteiger partial charge in [0, 0.05) is 12.6 Å². The second-order valence-electron chi connectivity index (χ2n) is 6.06. The summed E-state index contributed by atoms with van der Waals surface area (Å²) >= 11 is 0. The van der Waals surface area contributed by atoms with Crippen LogP contribution in [0.4, 0.5) is 8.78 Å². The van der Waals surface area contributed by atoms with E-state index in [2.05, 4.69) is 5.16 Å². The Morgan fingerprint density at radius 1 is 1.35 bits per heavy atom. The zero-order chi connectivity index (χ0) is 16.6. The maximum absolute atomic E-state index is 13.9. The topological polar surface area (TPSA) is 46.3 Å². The average Bonchev–Trinajstić information content (AvgIpc) is 3.15. The third-order valence-corrected chi connectivity index (χ3v) is 4.16. The number of aromatic nitrogens is 1. The number of hydrogen-bond donors (Lipinski definition) is 0. The molecule has 0 spiro atoms. The lowest BCUT2D eigenvalue weighted by molar-refractivity contribution is 0.0704. The molecular formula is C17H18F2N2O2. The van der Waals surface area contributed by atoms with E-state index in [1.54, 1.807) is 0 Å². The fourth-order valence-electron chi connectivity index (χ4n) is 2.88. The highest BCUT2D eigenvalue weighted by Crippen LogP contribution is 2.35. The van der Waals surface area contributed by atoms with Crippen LogP contribution in [0, 0.1) is 11.6 Å². The van der Waals surface area contributed by atoms with Gasteiger partial charge in [0.15, 0.2) is 5.76 Å². The Morgan fingerprint density at radius 3 is 2.65 bits per heavy atom. The van der Waals surface area contributed by atoms with Crippen molar-refractivity contribution < 1.29 is 18.1 Å². The van der Waals surface area contributed by atoms with Crippen LogP contribution in [-0.2, 0) is 0 Å². The van der Waals surface area contributed by atoms with Crippen LogP contribution in [0.5, 0.6) is 0 Å². The first-order chi connectivity index (χ1) is 11.0. The molecule has 23 heavy (non-hydrogen) atoms. The van der Waals surface area contributed by atoms with Crippen LogP contribution in [0.2, 0.25) is 0 Å². The highest BCUT2D eigenvalue weighted by Gasteiger charge is 2.35. The molecule has 2 aromatic rings. The van der Waals surface area contributed by atoms with E-state index < -0.39 is 23.1 Å². The van der Waals surface area contributed by atoms with E-state index in [1.165, 1.54) is 11.0 Å². The summed E-state index contributed by atoms with van der Waals surface area (Å²) in [6.07, 6.45) is 1.44. The third kappa shape index (κ3) is 2.85. The SMILES string of the molecule is CC(C)c1cc([C@H]2CCCN2C(=O)c2c(F)cccc2F)on1. The van der Waals surface area contributed by atoms with Crippen LogP contribution in [-0.4, -0.2) is 22.5 Å². The van der Waals surface area contributed by atoms with E-state index in [4.69, 9.17) is 4.52 Å². The standard InChI is InChI=1S/C17H18F2N2O2/c1-10(2)13-9-15(23-20-13)14-7-4-8-21(14)17(22)16-11(18)5-3-6-12(16)19/h3,5-6,9-10,14H,4,7-8H2,1-2H3/t14-/m1/s1. The second-order valence-corrected chi connectivity index (χ2v) is 6.06. The fourth-order valence-corrected chi connectivity index (χ4v) is 2.88. The lowest BCUT2D eigenvalue weighted by atomic mass is 10.1. The molecule has 0 aliphatic carbocycles. The number of likely N-dealkylation sites (tertiary alicyclic amines) is 1. The predicted octanol–water partition coefficient (Wildman–Crippen LogP) is 4.05. The molecule has 1 atom stereocenters. The molecule has 4 nitrogen and oxygen atoms in total. The van der Waals surface area contributed by atoms with Gasteiger partial charge in [-0.1, -0.05) is 25.1 Å². The number of hydrogen-bond acceptors (Lipinski definition) is 3. The largest absolute Gasteiger partial charge is 0.359 e. The summed E-state index contributed by atoms with van der Waals surface area (Å²) in [4.78, 5) is 14.1. The van der Waals surface area contributed by atoms with E-state index >= 15 is 0 Å². The predicted molar refractivity (Wildman–Crippen MR) is 80.0 cm³/mol. The molecule has 2 heterocycles. The zero-order valence-corrected chi connectivity index (χ0v) is 13.1. The normalized spacial score (nSPS) is 18.0. The van der Waals surface area contributed by atoms with Crippen molar-refractivity contribution >= 4 is 5.91 Å². The molecule has 0 bridgehead atoms. The van der Waals surface area contributed by atoms with Crippen molar-refractivity contribution in [2.45, 2.75) is 38.6 Å². The van der Waals surface area contributed by atoms with Crippen LogP contribution in [0.3, 0.4) is 0 Å². The van der Waals surface area contributed by atoms with E-state index in [-0.39, 0.29) is 12.0 Å². The monoisotopic (exact) mass is 320 g/mol. The molecule has 122 valence electrons. The van der Waals surface area contributed by atoms with Gasteiger partial charge in [-0.05, 0) is 30.9 Å². The lowest BCUT2D eigenvalue weighted by Crippen LogP contribution is -2.31. The van der Waals surface area contributed by atoms with Crippen molar-refractivity contribution in [3.8, 4) is 0 Å². The first-order valence-electron chi connectivity index (χ1n) is 7.70. The maximum Gasteiger partial charge on any atom is 0.260 e. The lowest BCUT2D eigenvalue weighted by Gasteiger charge is -2.23. The molecule has 1 aliphatic rings. The average molecular weight is 320 g/mol. The van der Waals surface area contributed by atoms with Gasteiger partial charge in [-0.25, -0.2) is 8.78 Å². The van der Waals surface area contributed by atoms with Gasteiger partial charge >= 0.3 is 0 Å². The third-order valence-electron chi connectivity index (χ3n) is 4.16. The van der Waals surface area contributed by atoms with E-state index in [9.17, 15) is 13.6 Å². The highest BCUT2D eigenvalue weighted by atomic mass is 19.1. The Kier molecular flexibility index (Phi) is 4.15. The minimum atomic E-state index is -0.846. The first kappa shape index (κ1) is 15.6. The number of carbonyl (C=O) groups excluding carboxylic acids is 1. The quantitative estimate of drug-likeness (QED) is 0.857. The van der Waals surface area contributed by atoms with Crippen molar-refractivity contribution in [3.05, 3.63) is 52.9 Å². The Balaban J connectivity index is 1.90. The molecular weight excluding hydrogens is 302 g/mol. The van der Waals surface area contributed by atoms with Gasteiger partial charge in [-0.15, -0.1) is 0 Å². The zero-order valence-electron chi connectivity index (χ0n) is 13.1. The summed E-state index contributed by atoms with van der Waals surface area (Å²) < 4.78 is 33.1. The molecule has 1 aromatic carbocycles. The van der Waals surface area contributed by atoms with Gasteiger partial charge in [-0.3, -0.25) is 4.79 Å². The number of amides is 1. The van der Waals surface area contributed by atoms with Crippen molar-refractivity contribution in [2.24, 2.45) is 0 Å². The van der Waals surface area contributed by atoms with Crippen LogP contribution >= 0.6 is 0 Å². The number of carbonyl (C=O) groups is 1. The first-order valence-corrected chi connectivity index (χ1v) is 7.70. The van der Waals surface area contributed by atoms with Gasteiger partial charge in [0.1, 0.15) is 17.2 Å². The van der Waals surface area contributed by atoms with Crippen molar-refractivity contribution in [1.29, 1.82) is 0 Å². The molecule has 0 N–H and O–H groups in total. The van der Waals surface area contributed by atoms with Gasteiger partial charge in [0.2, 0.25) is 0 Å². The molecule has 1 aromatic heterocycles. The Morgan fingerprint density at radius 2 is 2.04 bits per heavy atom. The summed E-state index contributed by atoms with van der Waals surface area (Å²) in [6, 6.07) is 4.91. The van der Waals surface area contributed by atoms with Gasteiger partial charge < -0.3 is 9.42 Å². The smallest absolute Gasteiger partial charge is 0.260 e. The number of rotatable bonds is 3. The highest BCUT2D eigenvalue weighted by molar-refractivity contribution is 5.95. The summed E-state index contributed by atoms with van der Waals surface area (Å²) in [5.41, 5.74) is 0.291. The Labute approximate surface area is 133 Å². The van der Waals surface area contributed by atoms with E-state index in [1.807, 2.05) is 19.9 Å². The number of nitrogens with zero attached hydrogens (tertiary/aromatic N) is 2. The molecule has 1 amide bonds. The Hall–Kier alpha value is -2.24. The molecule has 6 heteroatoms. The van der Waals surface area contributed by atoms with Crippen LogP contribution in [0.1, 0.15) is 60.5 Å². The fraction of sp³-hybridized carbons (Fsp3) is 0.412. The van der Waals surface area contributed by atoms with Gasteiger partial charge in [-0.2, -0.15) is 0 Å².